The third-order valence-electron chi connectivity index (χ3n) is 13.4. The fourth-order valence-corrected chi connectivity index (χ4v) is 10.4. The van der Waals surface area contributed by atoms with Crippen molar-refractivity contribution in [2.24, 2.45) is 0 Å². The van der Waals surface area contributed by atoms with Crippen LogP contribution in [-0.4, -0.2) is 4.98 Å². The molecule has 0 atom stereocenters. The molecule has 1 aromatic heterocycles. The summed E-state index contributed by atoms with van der Waals surface area (Å²) in [4.78, 5) is 8.63. The molecule has 0 spiro atoms. The second-order valence-electron chi connectivity index (χ2n) is 17.3. The first-order valence-electron chi connectivity index (χ1n) is 20.6. The van der Waals surface area contributed by atoms with Gasteiger partial charge >= 0.3 is 0 Å². The lowest BCUT2D eigenvalue weighted by Gasteiger charge is -2.44. The van der Waals surface area contributed by atoms with Gasteiger partial charge in [0.05, 0.1) is 11.4 Å². The number of aromatic amines is 1. The molecule has 0 fully saturated rings. The van der Waals surface area contributed by atoms with Crippen LogP contribution in [0, 0.1) is 0 Å². The van der Waals surface area contributed by atoms with E-state index in [-0.39, 0.29) is 10.8 Å². The van der Waals surface area contributed by atoms with Crippen molar-refractivity contribution in [2.45, 2.75) is 64.2 Å². The summed E-state index contributed by atoms with van der Waals surface area (Å²) in [5, 5.41) is 2.49. The van der Waals surface area contributed by atoms with Crippen LogP contribution in [0.5, 0.6) is 0 Å². The van der Waals surface area contributed by atoms with E-state index >= 15 is 0 Å². The normalized spacial score (nSPS) is 17.8. The van der Waals surface area contributed by atoms with Gasteiger partial charge in [-0.15, -0.1) is 0 Å². The van der Waals surface area contributed by atoms with Gasteiger partial charge in [-0.25, -0.2) is 0 Å². The van der Waals surface area contributed by atoms with Gasteiger partial charge in [0.1, 0.15) is 0 Å². The molecule has 0 amide bonds. The van der Waals surface area contributed by atoms with E-state index in [0.29, 0.717) is 0 Å². The Morgan fingerprint density at radius 3 is 1.30 bits per heavy atom. The molecular weight excluding hydrogens is 691 g/mol. The van der Waals surface area contributed by atoms with Gasteiger partial charge in [-0.1, -0.05) is 113 Å². The Kier molecular flexibility index (Phi) is 7.51. The number of nitrogens with zero attached hydrogens (tertiary/aromatic N) is 2. The number of nitrogens with one attached hydrogen (secondary N) is 1. The number of allylic oxidation sites excluding steroid dienone is 6. The smallest absolute Gasteiger partial charge is 0.0502 e. The highest BCUT2D eigenvalue weighted by molar-refractivity contribution is 6.09. The molecule has 0 saturated heterocycles. The fourth-order valence-electron chi connectivity index (χ4n) is 10.4. The zero-order valence-corrected chi connectivity index (χ0v) is 33.2. The number of aromatic nitrogens is 1. The molecular formula is C54H47N3. The number of para-hydroxylation sites is 2. The Labute approximate surface area is 336 Å². The molecule has 3 nitrogen and oxygen atoms in total. The Bertz CT molecular complexity index is 2690. The monoisotopic (exact) mass is 737 g/mol. The lowest BCUT2D eigenvalue weighted by molar-refractivity contribution is 0.570. The van der Waals surface area contributed by atoms with Gasteiger partial charge < -0.3 is 14.8 Å². The van der Waals surface area contributed by atoms with Crippen molar-refractivity contribution in [1.82, 2.24) is 4.98 Å². The molecule has 0 bridgehead atoms. The quantitative estimate of drug-likeness (QED) is 0.194. The van der Waals surface area contributed by atoms with Gasteiger partial charge in [0, 0.05) is 55.4 Å². The molecule has 4 aliphatic rings. The maximum Gasteiger partial charge on any atom is 0.0502 e. The number of hydrogen-bond acceptors (Lipinski definition) is 2. The highest BCUT2D eigenvalue weighted by Crippen LogP contribution is 2.52. The van der Waals surface area contributed by atoms with E-state index in [9.17, 15) is 0 Å². The predicted molar refractivity (Wildman–Crippen MR) is 241 cm³/mol. The summed E-state index contributed by atoms with van der Waals surface area (Å²) in [6.07, 6.45) is 13.7. The van der Waals surface area contributed by atoms with Crippen LogP contribution < -0.4 is 9.80 Å². The van der Waals surface area contributed by atoms with Crippen molar-refractivity contribution in [3.63, 3.8) is 0 Å². The Hall–Kier alpha value is -6.32. The average molecular weight is 738 g/mol. The molecule has 3 heterocycles. The molecule has 3 heteroatoms. The maximum absolute atomic E-state index is 3.69. The standard InChI is InChI=1S/C54H47N3/c1-53(2)43-13-5-9-17-49(43)56(50-18-10-6-14-44(50)53)39-27-21-35(22-28-39)37-25-31-47-41(33-37)42-34-38(26-32-48(42)55-47)36-23-29-40(30-24-36)57-51-19-11-7-15-45(51)54(3,4)46-16-8-12-20-52(46)57/h5,7,9-13,15,17-34,55H,6,8,14,16H2,1-4H3. The molecule has 7 aromatic rings. The lowest BCUT2D eigenvalue weighted by atomic mass is 9.70. The van der Waals surface area contributed by atoms with Gasteiger partial charge in [-0.3, -0.25) is 0 Å². The molecule has 278 valence electrons. The van der Waals surface area contributed by atoms with E-state index in [1.807, 2.05) is 0 Å². The molecule has 0 unspecified atom stereocenters. The van der Waals surface area contributed by atoms with Crippen molar-refractivity contribution < 1.29 is 0 Å². The van der Waals surface area contributed by atoms with Crippen molar-refractivity contribution in [3.05, 3.63) is 191 Å². The fraction of sp³-hybridized carbons (Fsp3) is 0.185. The van der Waals surface area contributed by atoms with E-state index in [1.54, 1.807) is 0 Å². The van der Waals surface area contributed by atoms with Crippen LogP contribution in [0.1, 0.15) is 64.5 Å². The topological polar surface area (TPSA) is 22.3 Å². The van der Waals surface area contributed by atoms with Gasteiger partial charge in [-0.05, 0) is 143 Å². The Morgan fingerprint density at radius 1 is 0.456 bits per heavy atom. The summed E-state index contributed by atoms with van der Waals surface area (Å²) >= 11 is 0. The van der Waals surface area contributed by atoms with Crippen molar-refractivity contribution in [2.75, 3.05) is 9.80 Å². The zero-order chi connectivity index (χ0) is 38.5. The van der Waals surface area contributed by atoms with Crippen LogP contribution >= 0.6 is 0 Å². The highest BCUT2D eigenvalue weighted by Gasteiger charge is 2.39. The summed E-state index contributed by atoms with van der Waals surface area (Å²) in [6.45, 7) is 9.55. The predicted octanol–water partition coefficient (Wildman–Crippen LogP) is 14.7. The second-order valence-corrected chi connectivity index (χ2v) is 17.3. The number of H-pyrrole nitrogens is 1. The summed E-state index contributed by atoms with van der Waals surface area (Å²) in [7, 11) is 0. The van der Waals surface area contributed by atoms with E-state index in [1.165, 1.54) is 89.4 Å². The average Bonchev–Trinajstić information content (AvgIpc) is 3.62. The zero-order valence-electron chi connectivity index (χ0n) is 33.2. The summed E-state index contributed by atoms with van der Waals surface area (Å²) in [5.41, 5.74) is 20.7. The van der Waals surface area contributed by atoms with Crippen LogP contribution in [-0.2, 0) is 10.8 Å². The van der Waals surface area contributed by atoms with Gasteiger partial charge in [-0.2, -0.15) is 0 Å². The first kappa shape index (κ1) is 34.0. The molecule has 6 aromatic carbocycles. The molecule has 2 aliphatic heterocycles. The van der Waals surface area contributed by atoms with Gasteiger partial charge in [0.2, 0.25) is 0 Å². The van der Waals surface area contributed by atoms with Crippen LogP contribution in [0.4, 0.5) is 22.7 Å². The maximum atomic E-state index is 3.69. The van der Waals surface area contributed by atoms with Crippen molar-refractivity contribution in [3.8, 4) is 22.3 Å². The molecule has 1 N–H and O–H groups in total. The summed E-state index contributed by atoms with van der Waals surface area (Å²) in [6, 6.07) is 49.9. The summed E-state index contributed by atoms with van der Waals surface area (Å²) < 4.78 is 0. The first-order chi connectivity index (χ1) is 27.8. The Balaban J connectivity index is 0.925. The van der Waals surface area contributed by atoms with E-state index in [2.05, 4.69) is 200 Å². The minimum Gasteiger partial charge on any atom is -0.355 e. The van der Waals surface area contributed by atoms with Crippen LogP contribution in [0.3, 0.4) is 0 Å². The number of fused-ring (bicyclic) bond motifs is 5. The second kappa shape index (κ2) is 12.6. The van der Waals surface area contributed by atoms with Gasteiger partial charge in [0.15, 0.2) is 0 Å². The number of anilines is 4. The largest absolute Gasteiger partial charge is 0.355 e. The lowest BCUT2D eigenvalue weighted by Crippen LogP contribution is -2.34. The number of benzene rings is 6. The summed E-state index contributed by atoms with van der Waals surface area (Å²) in [5.74, 6) is 0. The van der Waals surface area contributed by atoms with E-state index < -0.39 is 0 Å². The first-order valence-corrected chi connectivity index (χ1v) is 20.6. The van der Waals surface area contributed by atoms with Crippen LogP contribution in [0.25, 0.3) is 44.1 Å². The third-order valence-corrected chi connectivity index (χ3v) is 13.4. The SMILES string of the molecule is CC1(C)C2=C(C=CCC2)N(c2ccc(-c3ccc4[nH]c5ccc(-c6ccc(N7C8=C(CCC=C8)C(C)(C)c8ccccc87)cc6)cc5c4c3)cc2)c2ccccc21. The third kappa shape index (κ3) is 5.18. The molecule has 57 heavy (non-hydrogen) atoms. The van der Waals surface area contributed by atoms with Crippen molar-refractivity contribution in [1.29, 1.82) is 0 Å². The van der Waals surface area contributed by atoms with E-state index in [4.69, 9.17) is 0 Å². The van der Waals surface area contributed by atoms with Crippen LogP contribution in [0.2, 0.25) is 0 Å². The molecule has 0 saturated carbocycles. The minimum absolute atomic E-state index is 0.0117. The van der Waals surface area contributed by atoms with Crippen LogP contribution in [0.15, 0.2) is 180 Å². The van der Waals surface area contributed by atoms with Crippen molar-refractivity contribution >= 4 is 44.6 Å². The highest BCUT2D eigenvalue weighted by atomic mass is 15.2. The molecule has 11 rings (SSSR count). The van der Waals surface area contributed by atoms with Gasteiger partial charge in [0.25, 0.3) is 0 Å². The number of hydrogen-bond donors (Lipinski definition) is 1. The number of rotatable bonds is 4. The van der Waals surface area contributed by atoms with E-state index in [0.717, 1.165) is 36.7 Å². The Morgan fingerprint density at radius 2 is 0.860 bits per heavy atom. The molecule has 2 aliphatic carbocycles. The molecule has 0 radical (unpaired) electrons. The minimum atomic E-state index is 0.0117.